The zero-order chi connectivity index (χ0) is 14.1. The van der Waals surface area contributed by atoms with Gasteiger partial charge in [-0.05, 0) is 12.5 Å². The molecule has 3 rings (SSSR count). The Morgan fingerprint density at radius 3 is 2.75 bits per heavy atom. The van der Waals surface area contributed by atoms with Crippen LogP contribution < -0.4 is 0 Å². The molecule has 104 valence electrons. The Bertz CT molecular complexity index is 561. The molecule has 1 saturated heterocycles. The monoisotopic (exact) mass is 272 g/mol. The fraction of sp³-hybridized carbons (Fsp3) is 0.375. The molecule has 3 atom stereocenters. The topological polar surface area (TPSA) is 52.6 Å². The minimum atomic E-state index is -0.334. The van der Waals surface area contributed by atoms with Crippen molar-refractivity contribution in [3.63, 3.8) is 0 Å². The summed E-state index contributed by atoms with van der Waals surface area (Å²) in [4.78, 5) is 23.9. The first kappa shape index (κ1) is 12.9. The van der Waals surface area contributed by atoms with E-state index >= 15 is 0 Å². The van der Waals surface area contributed by atoms with E-state index in [-0.39, 0.29) is 29.9 Å². The lowest BCUT2D eigenvalue weighted by Gasteiger charge is -2.43. The van der Waals surface area contributed by atoms with E-state index in [9.17, 15) is 9.59 Å². The summed E-state index contributed by atoms with van der Waals surface area (Å²) in [6.07, 6.45) is 2.34. The molecule has 20 heavy (non-hydrogen) atoms. The number of rotatable bonds is 3. The highest BCUT2D eigenvalue weighted by Gasteiger charge is 2.52. The van der Waals surface area contributed by atoms with Gasteiger partial charge in [-0.2, -0.15) is 0 Å². The van der Waals surface area contributed by atoms with Crippen molar-refractivity contribution in [1.29, 1.82) is 0 Å². The zero-order valence-electron chi connectivity index (χ0n) is 11.2. The van der Waals surface area contributed by atoms with Crippen LogP contribution in [0, 0.1) is 5.92 Å². The maximum absolute atomic E-state index is 12.1. The first-order chi connectivity index (χ1) is 9.72. The van der Waals surface area contributed by atoms with Crippen LogP contribution in [0.1, 0.15) is 24.8 Å². The number of benzene rings is 1. The largest absolute Gasteiger partial charge is 0.463 e. The molecule has 0 amide bonds. The van der Waals surface area contributed by atoms with Crippen LogP contribution in [0.25, 0.3) is 0 Å². The van der Waals surface area contributed by atoms with Gasteiger partial charge < -0.3 is 9.47 Å². The van der Waals surface area contributed by atoms with Crippen LogP contribution in [-0.4, -0.2) is 24.6 Å². The van der Waals surface area contributed by atoms with Crippen LogP contribution >= 0.6 is 0 Å². The summed E-state index contributed by atoms with van der Waals surface area (Å²) in [7, 11) is 0. The van der Waals surface area contributed by atoms with Crippen molar-refractivity contribution in [2.24, 2.45) is 5.92 Å². The molecule has 0 unspecified atom stereocenters. The molecule has 0 spiro atoms. The van der Waals surface area contributed by atoms with Gasteiger partial charge in [0.25, 0.3) is 0 Å². The molecular weight excluding hydrogens is 256 g/mol. The SMILES string of the molecule is CCOC(=O)C1=CC[C@H]2OC(=O)[C@H]2[C@@H]1c1ccccc1. The van der Waals surface area contributed by atoms with Crippen LogP contribution in [0.4, 0.5) is 0 Å². The maximum atomic E-state index is 12.1. The Labute approximate surface area is 117 Å². The van der Waals surface area contributed by atoms with Gasteiger partial charge in [0.1, 0.15) is 12.0 Å². The number of ether oxygens (including phenoxy) is 2. The molecule has 1 fully saturated rings. The lowest BCUT2D eigenvalue weighted by atomic mass is 9.70. The first-order valence-corrected chi connectivity index (χ1v) is 6.85. The number of carbonyl (C=O) groups is 2. The van der Waals surface area contributed by atoms with Crippen LogP contribution in [0.15, 0.2) is 42.0 Å². The molecular formula is C16H16O4. The number of hydrogen-bond acceptors (Lipinski definition) is 4. The van der Waals surface area contributed by atoms with E-state index in [1.807, 2.05) is 36.4 Å². The predicted molar refractivity (Wildman–Crippen MR) is 71.9 cm³/mol. The lowest BCUT2D eigenvalue weighted by Crippen LogP contribution is -2.51. The van der Waals surface area contributed by atoms with Crippen molar-refractivity contribution in [2.75, 3.05) is 6.61 Å². The molecule has 1 aromatic carbocycles. The molecule has 4 nitrogen and oxygen atoms in total. The summed E-state index contributed by atoms with van der Waals surface area (Å²) in [5, 5.41) is 0. The van der Waals surface area contributed by atoms with Gasteiger partial charge in [-0.25, -0.2) is 4.79 Å². The summed E-state index contributed by atoms with van der Waals surface area (Å²) in [6, 6.07) is 9.60. The second-order valence-corrected chi connectivity index (χ2v) is 5.01. The highest BCUT2D eigenvalue weighted by atomic mass is 16.6. The zero-order valence-corrected chi connectivity index (χ0v) is 11.2. The molecule has 0 radical (unpaired) electrons. The number of hydrogen-bond donors (Lipinski definition) is 0. The minimum absolute atomic E-state index is 0.106. The van der Waals surface area contributed by atoms with E-state index in [1.165, 1.54) is 0 Å². The van der Waals surface area contributed by atoms with Gasteiger partial charge in [0, 0.05) is 17.9 Å². The predicted octanol–water partition coefficient (Wildman–Crippen LogP) is 2.21. The highest BCUT2D eigenvalue weighted by molar-refractivity contribution is 5.93. The van der Waals surface area contributed by atoms with Gasteiger partial charge in [-0.1, -0.05) is 36.4 Å². The second kappa shape index (κ2) is 5.12. The molecule has 0 saturated carbocycles. The maximum Gasteiger partial charge on any atom is 0.334 e. The number of carbonyl (C=O) groups excluding carboxylic acids is 2. The summed E-state index contributed by atoms with van der Waals surface area (Å²) in [6.45, 7) is 2.11. The van der Waals surface area contributed by atoms with Crippen molar-refractivity contribution in [2.45, 2.75) is 25.4 Å². The average molecular weight is 272 g/mol. The van der Waals surface area contributed by atoms with Gasteiger partial charge in [0.05, 0.1) is 6.61 Å². The fourth-order valence-electron chi connectivity index (χ4n) is 2.96. The van der Waals surface area contributed by atoms with E-state index in [4.69, 9.17) is 9.47 Å². The first-order valence-electron chi connectivity index (χ1n) is 6.85. The smallest absolute Gasteiger partial charge is 0.334 e. The molecule has 0 N–H and O–H groups in total. The van der Waals surface area contributed by atoms with Crippen molar-refractivity contribution in [3.05, 3.63) is 47.5 Å². The van der Waals surface area contributed by atoms with Crippen molar-refractivity contribution < 1.29 is 19.1 Å². The Morgan fingerprint density at radius 2 is 2.10 bits per heavy atom. The van der Waals surface area contributed by atoms with Gasteiger partial charge in [-0.15, -0.1) is 0 Å². The van der Waals surface area contributed by atoms with E-state index < -0.39 is 0 Å². The van der Waals surface area contributed by atoms with Gasteiger partial charge in [0.2, 0.25) is 0 Å². The van der Waals surface area contributed by atoms with E-state index in [0.29, 0.717) is 18.6 Å². The van der Waals surface area contributed by atoms with Crippen molar-refractivity contribution >= 4 is 11.9 Å². The standard InChI is InChI=1S/C16H16O4/c1-2-19-15(17)11-8-9-12-14(16(18)20-12)13(11)10-6-4-3-5-7-10/h3-8,12-14H,2,9H2,1H3/t12-,13-,14-/m1/s1. The van der Waals surface area contributed by atoms with Crippen LogP contribution in [0.3, 0.4) is 0 Å². The summed E-state index contributed by atoms with van der Waals surface area (Å²) >= 11 is 0. The summed E-state index contributed by atoms with van der Waals surface area (Å²) in [5.74, 6) is -1.07. The lowest BCUT2D eigenvalue weighted by molar-refractivity contribution is -0.186. The van der Waals surface area contributed by atoms with E-state index in [0.717, 1.165) is 5.56 Å². The van der Waals surface area contributed by atoms with Gasteiger partial charge in [-0.3, -0.25) is 4.79 Å². The molecule has 0 aromatic heterocycles. The third-order valence-electron chi connectivity index (χ3n) is 3.87. The molecule has 1 aliphatic heterocycles. The van der Waals surface area contributed by atoms with Crippen LogP contribution in [0.2, 0.25) is 0 Å². The van der Waals surface area contributed by atoms with Crippen molar-refractivity contribution in [3.8, 4) is 0 Å². The Hall–Kier alpha value is -2.10. The Morgan fingerprint density at radius 1 is 1.35 bits per heavy atom. The molecule has 1 heterocycles. The molecule has 1 aromatic rings. The van der Waals surface area contributed by atoms with Crippen molar-refractivity contribution in [1.82, 2.24) is 0 Å². The fourth-order valence-corrected chi connectivity index (χ4v) is 2.96. The molecule has 0 bridgehead atoms. The van der Waals surface area contributed by atoms with Crippen LogP contribution in [0.5, 0.6) is 0 Å². The third-order valence-corrected chi connectivity index (χ3v) is 3.87. The number of esters is 2. The molecule has 2 aliphatic rings. The summed E-state index contributed by atoms with van der Waals surface area (Å²) in [5.41, 5.74) is 1.54. The molecule has 1 aliphatic carbocycles. The van der Waals surface area contributed by atoms with Gasteiger partial charge in [0.15, 0.2) is 0 Å². The van der Waals surface area contributed by atoms with E-state index in [1.54, 1.807) is 6.92 Å². The average Bonchev–Trinajstić information content (AvgIpc) is 2.46. The van der Waals surface area contributed by atoms with E-state index in [2.05, 4.69) is 0 Å². The third kappa shape index (κ3) is 2.01. The Balaban J connectivity index is 1.99. The van der Waals surface area contributed by atoms with Gasteiger partial charge >= 0.3 is 11.9 Å². The highest BCUT2D eigenvalue weighted by Crippen LogP contribution is 2.46. The number of fused-ring (bicyclic) bond motifs is 1. The normalized spacial score (nSPS) is 27.8. The second-order valence-electron chi connectivity index (χ2n) is 5.01. The minimum Gasteiger partial charge on any atom is -0.463 e. The quantitative estimate of drug-likeness (QED) is 0.792. The summed E-state index contributed by atoms with van der Waals surface area (Å²) < 4.78 is 10.3. The Kier molecular flexibility index (Phi) is 3.30. The van der Waals surface area contributed by atoms with Crippen LogP contribution in [-0.2, 0) is 19.1 Å². The molecule has 4 heteroatoms.